The molecular weight excluding hydrogens is 222 g/mol. The topological polar surface area (TPSA) is 43.8 Å². The van der Waals surface area contributed by atoms with Crippen molar-refractivity contribution >= 4 is 16.7 Å². The number of aryl methyl sites for hydroxylation is 2. The summed E-state index contributed by atoms with van der Waals surface area (Å²) in [5.74, 6) is 0.674. The maximum atomic E-state index is 6.17. The van der Waals surface area contributed by atoms with Crippen LogP contribution in [0.25, 0.3) is 11.0 Å². The molecule has 0 bridgehead atoms. The summed E-state index contributed by atoms with van der Waals surface area (Å²) in [6, 6.07) is 2.24. The van der Waals surface area contributed by atoms with Crippen LogP contribution in [-0.2, 0) is 7.05 Å². The third kappa shape index (κ3) is 1.78. The zero-order valence-corrected chi connectivity index (χ0v) is 11.2. The van der Waals surface area contributed by atoms with Gasteiger partial charge in [0.25, 0.3) is 0 Å². The largest absolute Gasteiger partial charge is 0.397 e. The molecule has 2 heterocycles. The normalized spacial score (nSPS) is 17.4. The van der Waals surface area contributed by atoms with Gasteiger partial charge in [-0.3, -0.25) is 0 Å². The first-order chi connectivity index (χ1) is 8.66. The zero-order valence-electron chi connectivity index (χ0n) is 11.2. The SMILES string of the molecule is Cc1cc(C2CCCCC2)c2c(N)cn(C)c2n1. The standard InChI is InChI=1S/C15H21N3/c1-10-8-12(11-6-4-3-5-7-11)14-13(16)9-18(2)15(14)17-10/h8-9,11H,3-7,16H2,1-2H3. The molecule has 0 radical (unpaired) electrons. The third-order valence-electron chi connectivity index (χ3n) is 4.16. The Labute approximate surface area is 108 Å². The molecule has 3 nitrogen and oxygen atoms in total. The third-order valence-corrected chi connectivity index (χ3v) is 4.16. The van der Waals surface area contributed by atoms with E-state index < -0.39 is 0 Å². The van der Waals surface area contributed by atoms with Crippen molar-refractivity contribution in [3.8, 4) is 0 Å². The molecule has 1 aliphatic carbocycles. The lowest BCUT2D eigenvalue weighted by Gasteiger charge is -2.23. The van der Waals surface area contributed by atoms with Crippen LogP contribution in [0.3, 0.4) is 0 Å². The van der Waals surface area contributed by atoms with Gasteiger partial charge in [-0.2, -0.15) is 0 Å². The van der Waals surface area contributed by atoms with Crippen LogP contribution in [0.2, 0.25) is 0 Å². The lowest BCUT2D eigenvalue weighted by molar-refractivity contribution is 0.445. The number of hydrogen-bond donors (Lipinski definition) is 1. The van der Waals surface area contributed by atoms with Crippen molar-refractivity contribution < 1.29 is 0 Å². The highest BCUT2D eigenvalue weighted by Crippen LogP contribution is 2.38. The monoisotopic (exact) mass is 243 g/mol. The van der Waals surface area contributed by atoms with Crippen LogP contribution < -0.4 is 5.73 Å². The van der Waals surface area contributed by atoms with Gasteiger partial charge >= 0.3 is 0 Å². The van der Waals surface area contributed by atoms with Gasteiger partial charge in [0.05, 0.1) is 5.69 Å². The van der Waals surface area contributed by atoms with Gasteiger partial charge in [-0.25, -0.2) is 4.98 Å². The second-order valence-electron chi connectivity index (χ2n) is 5.58. The Balaban J connectivity index is 2.20. The summed E-state index contributed by atoms with van der Waals surface area (Å²) in [6.45, 7) is 2.08. The van der Waals surface area contributed by atoms with Crippen LogP contribution in [0.4, 0.5) is 5.69 Å². The number of pyridine rings is 1. The predicted molar refractivity (Wildman–Crippen MR) is 75.7 cm³/mol. The molecule has 0 unspecified atom stereocenters. The lowest BCUT2D eigenvalue weighted by Crippen LogP contribution is -2.06. The van der Waals surface area contributed by atoms with Crippen molar-refractivity contribution in [1.29, 1.82) is 0 Å². The van der Waals surface area contributed by atoms with Crippen molar-refractivity contribution in [1.82, 2.24) is 9.55 Å². The smallest absolute Gasteiger partial charge is 0.142 e. The van der Waals surface area contributed by atoms with Gasteiger partial charge in [-0.15, -0.1) is 0 Å². The minimum Gasteiger partial charge on any atom is -0.397 e. The maximum Gasteiger partial charge on any atom is 0.142 e. The van der Waals surface area contributed by atoms with Crippen LogP contribution in [0, 0.1) is 6.92 Å². The molecule has 0 saturated heterocycles. The quantitative estimate of drug-likeness (QED) is 0.833. The Hall–Kier alpha value is -1.51. The fraction of sp³-hybridized carbons (Fsp3) is 0.533. The van der Waals surface area contributed by atoms with Gasteiger partial charge in [0.15, 0.2) is 0 Å². The molecule has 0 amide bonds. The molecule has 1 saturated carbocycles. The van der Waals surface area contributed by atoms with Gasteiger partial charge in [-0.05, 0) is 37.3 Å². The van der Waals surface area contributed by atoms with Crippen LogP contribution >= 0.6 is 0 Å². The van der Waals surface area contributed by atoms with Crippen molar-refractivity contribution in [2.75, 3.05) is 5.73 Å². The highest BCUT2D eigenvalue weighted by Gasteiger charge is 2.21. The molecule has 1 fully saturated rings. The van der Waals surface area contributed by atoms with E-state index in [1.54, 1.807) is 0 Å². The number of rotatable bonds is 1. The van der Waals surface area contributed by atoms with Gasteiger partial charge in [0, 0.05) is 24.3 Å². The summed E-state index contributed by atoms with van der Waals surface area (Å²) >= 11 is 0. The van der Waals surface area contributed by atoms with E-state index in [0.717, 1.165) is 17.0 Å². The van der Waals surface area contributed by atoms with E-state index in [1.807, 2.05) is 17.8 Å². The number of hydrogen-bond acceptors (Lipinski definition) is 2. The number of nitrogens with zero attached hydrogens (tertiary/aromatic N) is 2. The van der Waals surface area contributed by atoms with E-state index in [9.17, 15) is 0 Å². The van der Waals surface area contributed by atoms with E-state index >= 15 is 0 Å². The fourth-order valence-corrected chi connectivity index (χ4v) is 3.30. The number of nitrogens with two attached hydrogens (primary N) is 1. The summed E-state index contributed by atoms with van der Waals surface area (Å²) in [6.07, 6.45) is 8.66. The van der Waals surface area contributed by atoms with Crippen LogP contribution in [0.15, 0.2) is 12.3 Å². The summed E-state index contributed by atoms with van der Waals surface area (Å²) < 4.78 is 2.05. The van der Waals surface area contributed by atoms with Crippen molar-refractivity contribution in [3.63, 3.8) is 0 Å². The molecule has 2 aromatic heterocycles. The molecular formula is C15H21N3. The van der Waals surface area contributed by atoms with Gasteiger partial charge in [0.2, 0.25) is 0 Å². The first-order valence-electron chi connectivity index (χ1n) is 6.89. The van der Waals surface area contributed by atoms with Crippen molar-refractivity contribution in [3.05, 3.63) is 23.5 Å². The molecule has 2 aromatic rings. The number of nitrogen functional groups attached to an aromatic ring is 1. The van der Waals surface area contributed by atoms with Crippen molar-refractivity contribution in [2.45, 2.75) is 44.9 Å². The Morgan fingerprint density at radius 1 is 1.28 bits per heavy atom. The highest BCUT2D eigenvalue weighted by atomic mass is 15.0. The Morgan fingerprint density at radius 2 is 2.00 bits per heavy atom. The molecule has 1 aliphatic rings. The molecule has 3 rings (SSSR count). The Morgan fingerprint density at radius 3 is 2.72 bits per heavy atom. The first kappa shape index (κ1) is 11.6. The maximum absolute atomic E-state index is 6.17. The van der Waals surface area contributed by atoms with E-state index in [-0.39, 0.29) is 0 Å². The molecule has 0 atom stereocenters. The molecule has 0 aliphatic heterocycles. The van der Waals surface area contributed by atoms with Crippen molar-refractivity contribution in [2.24, 2.45) is 7.05 Å². The average molecular weight is 243 g/mol. The summed E-state index contributed by atoms with van der Waals surface area (Å²) in [5.41, 5.74) is 10.6. The molecule has 18 heavy (non-hydrogen) atoms. The number of anilines is 1. The summed E-state index contributed by atoms with van der Waals surface area (Å²) in [5, 5.41) is 1.19. The molecule has 0 spiro atoms. The molecule has 2 N–H and O–H groups in total. The second-order valence-corrected chi connectivity index (χ2v) is 5.58. The average Bonchev–Trinajstić information content (AvgIpc) is 2.65. The summed E-state index contributed by atoms with van der Waals surface area (Å²) in [4.78, 5) is 4.63. The minimum absolute atomic E-state index is 0.674. The predicted octanol–water partition coefficient (Wildman–Crippen LogP) is 3.51. The van der Waals surface area contributed by atoms with E-state index in [4.69, 9.17) is 5.73 Å². The Bertz CT molecular complexity index is 577. The number of aromatic nitrogens is 2. The second kappa shape index (κ2) is 4.30. The van der Waals surface area contributed by atoms with Crippen LogP contribution in [-0.4, -0.2) is 9.55 Å². The fourth-order valence-electron chi connectivity index (χ4n) is 3.30. The lowest BCUT2D eigenvalue weighted by atomic mass is 9.83. The molecule has 0 aromatic carbocycles. The van der Waals surface area contributed by atoms with Crippen LogP contribution in [0.5, 0.6) is 0 Å². The zero-order chi connectivity index (χ0) is 12.7. The van der Waals surface area contributed by atoms with E-state index in [0.29, 0.717) is 5.92 Å². The Kier molecular flexibility index (Phi) is 2.77. The van der Waals surface area contributed by atoms with Gasteiger partial charge < -0.3 is 10.3 Å². The highest BCUT2D eigenvalue weighted by molar-refractivity contribution is 5.92. The molecule has 3 heteroatoms. The van der Waals surface area contributed by atoms with Gasteiger partial charge in [0.1, 0.15) is 5.65 Å². The molecule has 96 valence electrons. The summed E-state index contributed by atoms with van der Waals surface area (Å²) in [7, 11) is 2.02. The van der Waals surface area contributed by atoms with Crippen LogP contribution in [0.1, 0.15) is 49.3 Å². The van der Waals surface area contributed by atoms with Gasteiger partial charge in [-0.1, -0.05) is 19.3 Å². The van der Waals surface area contributed by atoms with E-state index in [2.05, 4.69) is 18.0 Å². The minimum atomic E-state index is 0.674. The van der Waals surface area contributed by atoms with E-state index in [1.165, 1.54) is 43.1 Å². The first-order valence-corrected chi connectivity index (χ1v) is 6.89. The number of fused-ring (bicyclic) bond motifs is 1.